The van der Waals surface area contributed by atoms with Gasteiger partial charge in [0.1, 0.15) is 0 Å². The predicted molar refractivity (Wildman–Crippen MR) is 79.2 cm³/mol. The van der Waals surface area contributed by atoms with Gasteiger partial charge < -0.3 is 5.32 Å². The van der Waals surface area contributed by atoms with Gasteiger partial charge in [-0.2, -0.15) is 10.2 Å². The summed E-state index contributed by atoms with van der Waals surface area (Å²) in [6.07, 6.45) is 7.22. The van der Waals surface area contributed by atoms with Crippen LogP contribution in [0.2, 0.25) is 0 Å². The highest BCUT2D eigenvalue weighted by Gasteiger charge is 2.38. The Morgan fingerprint density at radius 1 is 1.36 bits per heavy atom. The molecule has 0 unspecified atom stereocenters. The molecule has 8 nitrogen and oxygen atoms in total. The van der Waals surface area contributed by atoms with E-state index in [1.54, 1.807) is 0 Å². The molecule has 0 aromatic carbocycles. The van der Waals surface area contributed by atoms with Gasteiger partial charge in [0.25, 0.3) is 11.1 Å². The first-order valence-corrected chi connectivity index (χ1v) is 6.99. The fourth-order valence-corrected chi connectivity index (χ4v) is 2.00. The molecule has 0 bridgehead atoms. The molecule has 22 heavy (non-hydrogen) atoms. The van der Waals surface area contributed by atoms with Crippen molar-refractivity contribution in [3.63, 3.8) is 0 Å². The largest absolute Gasteiger partial charge is 0.356 e. The first kappa shape index (κ1) is 15.7. The molecule has 0 atom stereocenters. The Balaban J connectivity index is 1.70. The Labute approximate surface area is 126 Å². The van der Waals surface area contributed by atoms with Crippen LogP contribution in [-0.2, 0) is 11.3 Å². The van der Waals surface area contributed by atoms with Crippen molar-refractivity contribution in [1.29, 1.82) is 0 Å². The first-order valence-electron chi connectivity index (χ1n) is 6.99. The molecule has 0 saturated heterocycles. The maximum absolute atomic E-state index is 11.7. The molecule has 1 aromatic rings. The standard InChI is InChI=1S/C14H17N5O3/c1-2-3-7-14(17-18-14)8-9-15-11(20)6-10-19-13(22)5-4-12(21)16-19/h1,4-5H,3,6-10H2,(H,15,20)(H,16,21). The third-order valence-electron chi connectivity index (χ3n) is 3.35. The number of nitrogens with zero attached hydrogens (tertiary/aromatic N) is 3. The summed E-state index contributed by atoms with van der Waals surface area (Å²) in [6, 6.07) is 2.32. The molecule has 1 aliphatic heterocycles. The van der Waals surface area contributed by atoms with Crippen LogP contribution in [0.3, 0.4) is 0 Å². The van der Waals surface area contributed by atoms with Crippen LogP contribution < -0.4 is 16.4 Å². The third-order valence-corrected chi connectivity index (χ3v) is 3.35. The number of carbonyl (C=O) groups is 1. The van der Waals surface area contributed by atoms with Gasteiger partial charge in [-0.15, -0.1) is 12.3 Å². The van der Waals surface area contributed by atoms with Gasteiger partial charge in [0, 0.05) is 44.4 Å². The van der Waals surface area contributed by atoms with Crippen LogP contribution >= 0.6 is 0 Å². The molecule has 1 aromatic heterocycles. The Bertz CT molecular complexity index is 719. The van der Waals surface area contributed by atoms with E-state index in [9.17, 15) is 14.4 Å². The van der Waals surface area contributed by atoms with Crippen LogP contribution in [0.25, 0.3) is 0 Å². The van der Waals surface area contributed by atoms with Crippen molar-refractivity contribution in [3.05, 3.63) is 32.8 Å². The SMILES string of the molecule is C#CCCC1(CCNC(=O)CCn2[nH]c(=O)ccc2=O)N=N1. The van der Waals surface area contributed by atoms with E-state index in [1.165, 1.54) is 6.07 Å². The van der Waals surface area contributed by atoms with E-state index < -0.39 is 5.66 Å². The van der Waals surface area contributed by atoms with E-state index in [2.05, 4.69) is 26.6 Å². The minimum Gasteiger partial charge on any atom is -0.356 e. The van der Waals surface area contributed by atoms with E-state index in [1.807, 2.05) is 0 Å². The van der Waals surface area contributed by atoms with Crippen LogP contribution in [0.5, 0.6) is 0 Å². The second-order valence-corrected chi connectivity index (χ2v) is 5.04. The second kappa shape index (κ2) is 6.85. The van der Waals surface area contributed by atoms with Crippen molar-refractivity contribution < 1.29 is 4.79 Å². The number of aryl methyl sites for hydroxylation is 1. The molecule has 116 valence electrons. The Kier molecular flexibility index (Phi) is 4.88. The lowest BCUT2D eigenvalue weighted by atomic mass is 10.0. The average Bonchev–Trinajstić information content (AvgIpc) is 3.26. The lowest BCUT2D eigenvalue weighted by Gasteiger charge is -2.10. The lowest BCUT2D eigenvalue weighted by Crippen LogP contribution is -2.32. The average molecular weight is 303 g/mol. The van der Waals surface area contributed by atoms with Gasteiger partial charge in [0.15, 0.2) is 5.66 Å². The molecule has 2 rings (SSSR count). The zero-order valence-electron chi connectivity index (χ0n) is 12.0. The van der Waals surface area contributed by atoms with Crippen molar-refractivity contribution in [2.24, 2.45) is 10.2 Å². The van der Waals surface area contributed by atoms with Gasteiger partial charge in [-0.3, -0.25) is 19.5 Å². The van der Waals surface area contributed by atoms with Crippen LogP contribution in [0.15, 0.2) is 32.0 Å². The molecule has 2 N–H and O–H groups in total. The van der Waals surface area contributed by atoms with E-state index in [0.717, 1.165) is 10.7 Å². The number of amides is 1. The molecule has 1 amide bonds. The normalized spacial score (nSPS) is 14.3. The summed E-state index contributed by atoms with van der Waals surface area (Å²) >= 11 is 0. The highest BCUT2D eigenvalue weighted by molar-refractivity contribution is 5.75. The maximum atomic E-state index is 11.7. The molecule has 2 heterocycles. The van der Waals surface area contributed by atoms with Gasteiger partial charge >= 0.3 is 0 Å². The molecule has 1 aliphatic rings. The molecular formula is C14H17N5O3. The van der Waals surface area contributed by atoms with E-state index >= 15 is 0 Å². The fraction of sp³-hybridized carbons (Fsp3) is 0.500. The van der Waals surface area contributed by atoms with Crippen molar-refractivity contribution in [2.45, 2.75) is 37.9 Å². The third kappa shape index (κ3) is 4.41. The zero-order valence-corrected chi connectivity index (χ0v) is 12.0. The van der Waals surface area contributed by atoms with E-state index in [-0.39, 0.29) is 30.0 Å². The summed E-state index contributed by atoms with van der Waals surface area (Å²) in [5, 5.41) is 13.1. The minimum absolute atomic E-state index is 0.103. The number of aromatic nitrogens is 2. The van der Waals surface area contributed by atoms with Gasteiger partial charge in [0.05, 0.1) is 6.54 Å². The number of terminal acetylenes is 1. The highest BCUT2D eigenvalue weighted by atomic mass is 16.2. The monoisotopic (exact) mass is 303 g/mol. The van der Waals surface area contributed by atoms with Crippen LogP contribution in [0, 0.1) is 12.3 Å². The highest BCUT2D eigenvalue weighted by Crippen LogP contribution is 2.35. The summed E-state index contributed by atoms with van der Waals surface area (Å²) in [5.41, 5.74) is -1.15. The van der Waals surface area contributed by atoms with Crippen molar-refractivity contribution in [3.8, 4) is 12.3 Å². The van der Waals surface area contributed by atoms with Gasteiger partial charge in [0.2, 0.25) is 5.91 Å². The quantitative estimate of drug-likeness (QED) is 0.660. The van der Waals surface area contributed by atoms with Crippen molar-refractivity contribution in [2.75, 3.05) is 6.54 Å². The van der Waals surface area contributed by atoms with Crippen LogP contribution in [0.1, 0.15) is 25.7 Å². The summed E-state index contributed by atoms with van der Waals surface area (Å²) in [4.78, 5) is 34.3. The number of H-pyrrole nitrogens is 1. The zero-order chi connectivity index (χ0) is 16.0. The van der Waals surface area contributed by atoms with E-state index in [0.29, 0.717) is 25.8 Å². The van der Waals surface area contributed by atoms with Gasteiger partial charge in [-0.1, -0.05) is 0 Å². The number of nitrogens with one attached hydrogen (secondary N) is 2. The molecule has 8 heteroatoms. The Morgan fingerprint density at radius 3 is 2.82 bits per heavy atom. The summed E-state index contributed by atoms with van der Waals surface area (Å²) < 4.78 is 1.11. The van der Waals surface area contributed by atoms with Gasteiger partial charge in [-0.05, 0) is 0 Å². The smallest absolute Gasteiger partial charge is 0.265 e. The van der Waals surface area contributed by atoms with E-state index in [4.69, 9.17) is 6.42 Å². The predicted octanol–water partition coefficient (Wildman–Crippen LogP) is 0.00850. The molecule has 0 radical (unpaired) electrons. The molecule has 0 spiro atoms. The molecule has 0 fully saturated rings. The minimum atomic E-state index is -0.415. The Morgan fingerprint density at radius 2 is 2.14 bits per heavy atom. The number of rotatable bonds is 8. The molecule has 0 saturated carbocycles. The number of carbonyl (C=O) groups excluding carboxylic acids is 1. The molecule has 0 aliphatic carbocycles. The number of hydrogen-bond acceptors (Lipinski definition) is 5. The first-order chi connectivity index (χ1) is 10.5. The maximum Gasteiger partial charge on any atom is 0.265 e. The summed E-state index contributed by atoms with van der Waals surface area (Å²) in [6.45, 7) is 0.564. The Hall–Kier alpha value is -2.69. The van der Waals surface area contributed by atoms with Crippen molar-refractivity contribution >= 4 is 5.91 Å². The van der Waals surface area contributed by atoms with Gasteiger partial charge in [-0.25, -0.2) is 4.68 Å². The molecular weight excluding hydrogens is 286 g/mol. The lowest BCUT2D eigenvalue weighted by molar-refractivity contribution is -0.121. The van der Waals surface area contributed by atoms with Crippen LogP contribution in [0.4, 0.5) is 0 Å². The summed E-state index contributed by atoms with van der Waals surface area (Å²) in [7, 11) is 0. The van der Waals surface area contributed by atoms with Crippen molar-refractivity contribution in [1.82, 2.24) is 15.1 Å². The topological polar surface area (TPSA) is 109 Å². The fourth-order valence-electron chi connectivity index (χ4n) is 2.00. The number of hydrogen-bond donors (Lipinski definition) is 2. The van der Waals surface area contributed by atoms with Crippen LogP contribution in [-0.4, -0.2) is 27.9 Å². The number of aromatic amines is 1. The summed E-state index contributed by atoms with van der Waals surface area (Å²) in [5.74, 6) is 2.34. The second-order valence-electron chi connectivity index (χ2n) is 5.04.